The lowest BCUT2D eigenvalue weighted by molar-refractivity contribution is 0.293. The fraction of sp³-hybridized carbons (Fsp3) is 0.143. The molecule has 130 valence electrons. The molecule has 0 fully saturated rings. The van der Waals surface area contributed by atoms with Gasteiger partial charge in [-0.15, -0.1) is 5.10 Å². The minimum Gasteiger partial charge on any atom is -0.470 e. The molecule has 0 N–H and O–H groups in total. The van der Waals surface area contributed by atoms with Crippen LogP contribution in [0.15, 0.2) is 71.3 Å². The third kappa shape index (κ3) is 3.22. The van der Waals surface area contributed by atoms with Crippen LogP contribution in [0.3, 0.4) is 0 Å². The highest BCUT2D eigenvalue weighted by molar-refractivity contribution is 9.10. The smallest absolute Gasteiger partial charge is 0.258 e. The monoisotopic (exact) mass is 407 g/mol. The maximum Gasteiger partial charge on any atom is 0.258 e. The van der Waals surface area contributed by atoms with Crippen molar-refractivity contribution in [2.75, 3.05) is 0 Å². The second kappa shape index (κ2) is 7.30. The van der Waals surface area contributed by atoms with Gasteiger partial charge in [0.15, 0.2) is 0 Å². The molecule has 2 heterocycles. The number of aromatic nitrogens is 3. The van der Waals surface area contributed by atoms with Crippen LogP contribution in [0.5, 0.6) is 5.88 Å². The average Bonchev–Trinajstić information content (AvgIpc) is 2.93. The van der Waals surface area contributed by atoms with Gasteiger partial charge in [-0.2, -0.15) is 5.10 Å². The summed E-state index contributed by atoms with van der Waals surface area (Å²) in [6, 6.07) is 20.5. The molecule has 2 aromatic heterocycles. The molecule has 26 heavy (non-hydrogen) atoms. The summed E-state index contributed by atoms with van der Waals surface area (Å²) in [5.41, 5.74) is 4.42. The Morgan fingerprint density at radius 2 is 1.62 bits per heavy atom. The van der Waals surface area contributed by atoms with E-state index in [1.54, 1.807) is 6.20 Å². The van der Waals surface area contributed by atoms with E-state index in [1.165, 1.54) is 5.56 Å². The van der Waals surface area contributed by atoms with Crippen molar-refractivity contribution in [2.45, 2.75) is 20.1 Å². The van der Waals surface area contributed by atoms with Gasteiger partial charge in [-0.05, 0) is 34.0 Å². The first-order valence-electron chi connectivity index (χ1n) is 8.44. The highest BCUT2D eigenvalue weighted by atomic mass is 79.9. The van der Waals surface area contributed by atoms with E-state index in [0.29, 0.717) is 12.5 Å². The third-order valence-corrected chi connectivity index (χ3v) is 5.42. The lowest BCUT2D eigenvalue weighted by Gasteiger charge is -2.11. The van der Waals surface area contributed by atoms with Crippen LogP contribution in [-0.4, -0.2) is 14.8 Å². The lowest BCUT2D eigenvalue weighted by atomic mass is 10.2. The number of benzene rings is 2. The highest BCUT2D eigenvalue weighted by Gasteiger charge is 2.18. The standard InChI is InChI=1S/C21H18BrN3O/c1-15-19(22)18-12-23-24-21(26-14-17-10-6-3-7-11-17)20(18)25(15)13-16-8-4-2-5-9-16/h2-12H,13-14H2,1H3. The predicted molar refractivity (Wildman–Crippen MR) is 106 cm³/mol. The van der Waals surface area contributed by atoms with Crippen LogP contribution in [0.2, 0.25) is 0 Å². The first-order chi connectivity index (χ1) is 12.7. The molecule has 0 aliphatic heterocycles. The van der Waals surface area contributed by atoms with Crippen LogP contribution in [0.25, 0.3) is 10.9 Å². The minimum atomic E-state index is 0.460. The van der Waals surface area contributed by atoms with Gasteiger partial charge in [0.2, 0.25) is 0 Å². The van der Waals surface area contributed by atoms with Gasteiger partial charge in [0.05, 0.1) is 6.20 Å². The Kier molecular flexibility index (Phi) is 4.71. The first kappa shape index (κ1) is 16.8. The van der Waals surface area contributed by atoms with Crippen LogP contribution in [0, 0.1) is 6.92 Å². The van der Waals surface area contributed by atoms with E-state index >= 15 is 0 Å². The molecule has 0 radical (unpaired) electrons. The summed E-state index contributed by atoms with van der Waals surface area (Å²) in [4.78, 5) is 0. The zero-order chi connectivity index (χ0) is 17.9. The first-order valence-corrected chi connectivity index (χ1v) is 9.24. The van der Waals surface area contributed by atoms with Crippen molar-refractivity contribution in [3.63, 3.8) is 0 Å². The maximum absolute atomic E-state index is 6.04. The van der Waals surface area contributed by atoms with Gasteiger partial charge >= 0.3 is 0 Å². The number of halogens is 1. The van der Waals surface area contributed by atoms with Gasteiger partial charge < -0.3 is 9.30 Å². The summed E-state index contributed by atoms with van der Waals surface area (Å²) in [7, 11) is 0. The van der Waals surface area contributed by atoms with E-state index in [-0.39, 0.29) is 0 Å². The molecule has 0 atom stereocenters. The molecule has 0 spiro atoms. The molecule has 0 amide bonds. The van der Waals surface area contributed by atoms with Gasteiger partial charge in [0, 0.05) is 22.1 Å². The number of rotatable bonds is 5. The second-order valence-electron chi connectivity index (χ2n) is 6.16. The maximum atomic E-state index is 6.04. The number of fused-ring (bicyclic) bond motifs is 1. The Bertz CT molecular complexity index is 1030. The molecule has 0 saturated carbocycles. The van der Waals surface area contributed by atoms with Crippen LogP contribution >= 0.6 is 15.9 Å². The van der Waals surface area contributed by atoms with Gasteiger partial charge in [-0.3, -0.25) is 0 Å². The molecule has 2 aromatic carbocycles. The van der Waals surface area contributed by atoms with Gasteiger partial charge in [-0.1, -0.05) is 60.7 Å². The van der Waals surface area contributed by atoms with E-state index in [1.807, 2.05) is 36.4 Å². The van der Waals surface area contributed by atoms with Crippen molar-refractivity contribution in [1.82, 2.24) is 14.8 Å². The molecule has 0 bridgehead atoms. The van der Waals surface area contributed by atoms with Gasteiger partial charge in [0.1, 0.15) is 12.1 Å². The normalized spacial score (nSPS) is 11.0. The summed E-state index contributed by atoms with van der Waals surface area (Å²) >= 11 is 3.70. The molecule has 0 saturated heterocycles. The number of hydrogen-bond acceptors (Lipinski definition) is 3. The van der Waals surface area contributed by atoms with E-state index < -0.39 is 0 Å². The van der Waals surface area contributed by atoms with Crippen molar-refractivity contribution in [1.29, 1.82) is 0 Å². The van der Waals surface area contributed by atoms with Gasteiger partial charge in [-0.25, -0.2) is 0 Å². The Labute approximate surface area is 160 Å². The van der Waals surface area contributed by atoms with Crippen molar-refractivity contribution in [3.05, 3.63) is 88.2 Å². The van der Waals surface area contributed by atoms with Gasteiger partial charge in [0.25, 0.3) is 5.88 Å². The minimum absolute atomic E-state index is 0.460. The summed E-state index contributed by atoms with van der Waals surface area (Å²) in [5, 5.41) is 9.40. The highest BCUT2D eigenvalue weighted by Crippen LogP contribution is 2.35. The molecule has 4 rings (SSSR count). The van der Waals surface area contributed by atoms with Crippen LogP contribution in [0.4, 0.5) is 0 Å². The number of nitrogens with zero attached hydrogens (tertiary/aromatic N) is 3. The van der Waals surface area contributed by atoms with Crippen molar-refractivity contribution in [3.8, 4) is 5.88 Å². The van der Waals surface area contributed by atoms with Crippen LogP contribution in [-0.2, 0) is 13.2 Å². The molecular weight excluding hydrogens is 390 g/mol. The zero-order valence-corrected chi connectivity index (χ0v) is 16.0. The van der Waals surface area contributed by atoms with Crippen molar-refractivity contribution < 1.29 is 4.74 Å². The molecule has 4 nitrogen and oxygen atoms in total. The number of hydrogen-bond donors (Lipinski definition) is 0. The number of ether oxygens (including phenoxy) is 1. The van der Waals surface area contributed by atoms with E-state index in [0.717, 1.165) is 33.2 Å². The SMILES string of the molecule is Cc1c(Br)c2cnnc(OCc3ccccc3)c2n1Cc1ccccc1. The topological polar surface area (TPSA) is 39.9 Å². The second-order valence-corrected chi connectivity index (χ2v) is 6.95. The molecule has 0 aliphatic carbocycles. The molecule has 4 aromatic rings. The quantitative estimate of drug-likeness (QED) is 0.460. The largest absolute Gasteiger partial charge is 0.470 e. The van der Waals surface area contributed by atoms with Crippen LogP contribution < -0.4 is 4.74 Å². The summed E-state index contributed by atoms with van der Waals surface area (Å²) in [5.74, 6) is 0.552. The third-order valence-electron chi connectivity index (χ3n) is 4.42. The lowest BCUT2D eigenvalue weighted by Crippen LogP contribution is -2.05. The Hall–Kier alpha value is -2.66. The zero-order valence-electron chi connectivity index (χ0n) is 14.4. The molecular formula is C21H18BrN3O. The van der Waals surface area contributed by atoms with E-state index in [9.17, 15) is 0 Å². The fourth-order valence-corrected chi connectivity index (χ4v) is 3.56. The summed E-state index contributed by atoms with van der Waals surface area (Å²) in [6.07, 6.45) is 1.78. The summed E-state index contributed by atoms with van der Waals surface area (Å²) in [6.45, 7) is 3.30. The van der Waals surface area contributed by atoms with Crippen molar-refractivity contribution in [2.24, 2.45) is 0 Å². The van der Waals surface area contributed by atoms with Crippen molar-refractivity contribution >= 4 is 26.8 Å². The van der Waals surface area contributed by atoms with E-state index in [4.69, 9.17) is 4.74 Å². The molecule has 0 aliphatic rings. The average molecular weight is 408 g/mol. The molecule has 0 unspecified atom stereocenters. The Morgan fingerprint density at radius 1 is 0.962 bits per heavy atom. The summed E-state index contributed by atoms with van der Waals surface area (Å²) < 4.78 is 9.29. The van der Waals surface area contributed by atoms with E-state index in [2.05, 4.69) is 61.9 Å². The molecule has 5 heteroatoms. The Morgan fingerprint density at radius 3 is 2.31 bits per heavy atom. The fourth-order valence-electron chi connectivity index (χ4n) is 3.05. The van der Waals surface area contributed by atoms with Crippen LogP contribution in [0.1, 0.15) is 16.8 Å². The predicted octanol–water partition coefficient (Wildman–Crippen LogP) is 5.13. The Balaban J connectivity index is 1.75.